The maximum atomic E-state index is 8.84. The predicted molar refractivity (Wildman–Crippen MR) is 62.9 cm³/mol. The first-order valence-corrected chi connectivity index (χ1v) is 6.15. The van der Waals surface area contributed by atoms with Gasteiger partial charge in [0.15, 0.2) is 5.69 Å². The average molecular weight is 220 g/mol. The van der Waals surface area contributed by atoms with Gasteiger partial charge in [0.1, 0.15) is 6.07 Å². The molecule has 0 N–H and O–H groups in total. The van der Waals surface area contributed by atoms with E-state index in [1.165, 1.54) is 25.7 Å². The molecule has 0 amide bonds. The molecule has 4 nitrogen and oxygen atoms in total. The van der Waals surface area contributed by atoms with Gasteiger partial charge in [-0.15, -0.1) is 5.10 Å². The van der Waals surface area contributed by atoms with Crippen LogP contribution >= 0.6 is 0 Å². The molecule has 1 aromatic heterocycles. The zero-order chi connectivity index (χ0) is 11.8. The lowest BCUT2D eigenvalue weighted by molar-refractivity contribution is 0.508. The molecule has 0 saturated carbocycles. The third kappa shape index (κ3) is 3.34. The van der Waals surface area contributed by atoms with Crippen molar-refractivity contribution in [3.05, 3.63) is 11.4 Å². The summed E-state index contributed by atoms with van der Waals surface area (Å²) >= 11 is 0. The Labute approximate surface area is 97.3 Å². The summed E-state index contributed by atoms with van der Waals surface area (Å²) in [5.74, 6) is 0. The first-order chi connectivity index (χ1) is 7.83. The minimum atomic E-state index is 0.482. The Balaban J connectivity index is 2.42. The normalized spacial score (nSPS) is 10.3. The van der Waals surface area contributed by atoms with Crippen LogP contribution in [-0.4, -0.2) is 15.0 Å². The third-order valence-electron chi connectivity index (χ3n) is 2.75. The monoisotopic (exact) mass is 220 g/mol. The minimum absolute atomic E-state index is 0.482. The van der Waals surface area contributed by atoms with Crippen LogP contribution in [0.15, 0.2) is 0 Å². The quantitative estimate of drug-likeness (QED) is 0.664. The first-order valence-electron chi connectivity index (χ1n) is 6.15. The van der Waals surface area contributed by atoms with Gasteiger partial charge in [-0.3, -0.25) is 0 Å². The highest BCUT2D eigenvalue weighted by Gasteiger charge is 2.09. The van der Waals surface area contributed by atoms with Crippen LogP contribution in [0.2, 0.25) is 0 Å². The molecule has 1 rings (SSSR count). The highest BCUT2D eigenvalue weighted by atomic mass is 15.4. The Morgan fingerprint density at radius 1 is 1.19 bits per heavy atom. The summed E-state index contributed by atoms with van der Waals surface area (Å²) in [5.41, 5.74) is 1.45. The fraction of sp³-hybridized carbons (Fsp3) is 0.750. The van der Waals surface area contributed by atoms with Crippen molar-refractivity contribution in [2.45, 2.75) is 58.9 Å². The van der Waals surface area contributed by atoms with Gasteiger partial charge in [-0.1, -0.05) is 44.7 Å². The van der Waals surface area contributed by atoms with Crippen molar-refractivity contribution in [3.8, 4) is 6.07 Å². The van der Waals surface area contributed by atoms with Crippen molar-refractivity contribution in [1.82, 2.24) is 15.0 Å². The molecule has 0 atom stereocenters. The number of aryl methyl sites for hydroxylation is 1. The van der Waals surface area contributed by atoms with E-state index in [1.54, 1.807) is 0 Å². The summed E-state index contributed by atoms with van der Waals surface area (Å²) in [6.45, 7) is 5.14. The van der Waals surface area contributed by atoms with Crippen molar-refractivity contribution < 1.29 is 0 Å². The number of aromatic nitrogens is 3. The van der Waals surface area contributed by atoms with Gasteiger partial charge >= 0.3 is 0 Å². The van der Waals surface area contributed by atoms with E-state index >= 15 is 0 Å². The van der Waals surface area contributed by atoms with E-state index in [0.717, 1.165) is 25.1 Å². The van der Waals surface area contributed by atoms with Gasteiger partial charge in [0.05, 0.1) is 5.69 Å². The van der Waals surface area contributed by atoms with Crippen molar-refractivity contribution >= 4 is 0 Å². The smallest absolute Gasteiger partial charge is 0.185 e. The molecule has 0 saturated heterocycles. The van der Waals surface area contributed by atoms with E-state index < -0.39 is 0 Å². The lowest BCUT2D eigenvalue weighted by Crippen LogP contribution is -2.05. The minimum Gasteiger partial charge on any atom is -0.248 e. The standard InChI is InChI=1S/C12H20N4/c1-3-5-6-7-8-9-16-12(4-2)11(10-13)14-15-16/h3-9H2,1-2H3. The predicted octanol–water partition coefficient (Wildman–Crippen LogP) is 2.68. The molecule has 0 aliphatic carbocycles. The Bertz CT molecular complexity index is 348. The number of nitriles is 1. The third-order valence-corrected chi connectivity index (χ3v) is 2.75. The Kier molecular flexibility index (Phi) is 5.55. The molecular formula is C12H20N4. The van der Waals surface area contributed by atoms with Crippen molar-refractivity contribution in [1.29, 1.82) is 5.26 Å². The highest BCUT2D eigenvalue weighted by Crippen LogP contribution is 2.08. The maximum absolute atomic E-state index is 8.84. The second kappa shape index (κ2) is 7.00. The Morgan fingerprint density at radius 2 is 1.94 bits per heavy atom. The molecule has 0 aliphatic heterocycles. The molecule has 88 valence electrons. The fourth-order valence-corrected chi connectivity index (χ4v) is 1.81. The van der Waals surface area contributed by atoms with Crippen LogP contribution in [0.4, 0.5) is 0 Å². The van der Waals surface area contributed by atoms with Crippen LogP contribution in [0, 0.1) is 11.3 Å². The van der Waals surface area contributed by atoms with E-state index in [-0.39, 0.29) is 0 Å². The number of hydrogen-bond acceptors (Lipinski definition) is 3. The molecule has 0 bridgehead atoms. The molecule has 0 unspecified atom stereocenters. The molecule has 1 aromatic rings. The van der Waals surface area contributed by atoms with E-state index in [9.17, 15) is 0 Å². The van der Waals surface area contributed by atoms with Crippen LogP contribution in [0.1, 0.15) is 57.3 Å². The Morgan fingerprint density at radius 3 is 2.56 bits per heavy atom. The fourth-order valence-electron chi connectivity index (χ4n) is 1.81. The van der Waals surface area contributed by atoms with Crippen LogP contribution in [-0.2, 0) is 13.0 Å². The summed E-state index contributed by atoms with van der Waals surface area (Å²) in [7, 11) is 0. The summed E-state index contributed by atoms with van der Waals surface area (Å²) in [6, 6.07) is 2.08. The van der Waals surface area contributed by atoms with Gasteiger partial charge in [0, 0.05) is 6.54 Å². The second-order valence-corrected chi connectivity index (χ2v) is 3.99. The van der Waals surface area contributed by atoms with Crippen molar-refractivity contribution in [3.63, 3.8) is 0 Å². The van der Waals surface area contributed by atoms with E-state index in [0.29, 0.717) is 5.69 Å². The zero-order valence-corrected chi connectivity index (χ0v) is 10.2. The summed E-state index contributed by atoms with van der Waals surface area (Å²) in [6.07, 6.45) is 7.05. The molecule has 4 heteroatoms. The first kappa shape index (κ1) is 12.7. The molecule has 16 heavy (non-hydrogen) atoms. The highest BCUT2D eigenvalue weighted by molar-refractivity contribution is 5.24. The summed E-state index contributed by atoms with van der Waals surface area (Å²) < 4.78 is 1.88. The second-order valence-electron chi connectivity index (χ2n) is 3.99. The molecule has 0 spiro atoms. The Hall–Kier alpha value is -1.37. The lowest BCUT2D eigenvalue weighted by Gasteiger charge is -2.04. The molecule has 0 aliphatic rings. The van der Waals surface area contributed by atoms with E-state index in [2.05, 4.69) is 23.3 Å². The lowest BCUT2D eigenvalue weighted by atomic mass is 10.1. The van der Waals surface area contributed by atoms with Gasteiger partial charge in [-0.25, -0.2) is 4.68 Å². The average Bonchev–Trinajstić information content (AvgIpc) is 2.71. The van der Waals surface area contributed by atoms with Gasteiger partial charge in [0.25, 0.3) is 0 Å². The summed E-state index contributed by atoms with van der Waals surface area (Å²) in [4.78, 5) is 0. The largest absolute Gasteiger partial charge is 0.248 e. The van der Waals surface area contributed by atoms with Gasteiger partial charge in [0.2, 0.25) is 0 Å². The number of hydrogen-bond donors (Lipinski definition) is 0. The van der Waals surface area contributed by atoms with E-state index in [4.69, 9.17) is 5.26 Å². The maximum Gasteiger partial charge on any atom is 0.185 e. The topological polar surface area (TPSA) is 54.5 Å². The SMILES string of the molecule is CCCCCCCn1nnc(C#N)c1CC. The van der Waals surface area contributed by atoms with Crippen molar-refractivity contribution in [2.75, 3.05) is 0 Å². The molecule has 0 radical (unpaired) electrons. The van der Waals surface area contributed by atoms with Crippen molar-refractivity contribution in [2.24, 2.45) is 0 Å². The van der Waals surface area contributed by atoms with Crippen LogP contribution in [0.5, 0.6) is 0 Å². The number of rotatable bonds is 7. The number of unbranched alkanes of at least 4 members (excludes halogenated alkanes) is 4. The van der Waals surface area contributed by atoms with E-state index in [1.807, 2.05) is 11.6 Å². The van der Waals surface area contributed by atoms with Crippen LogP contribution in [0.25, 0.3) is 0 Å². The van der Waals surface area contributed by atoms with Gasteiger partial charge < -0.3 is 0 Å². The van der Waals surface area contributed by atoms with Gasteiger partial charge in [-0.2, -0.15) is 5.26 Å². The number of nitrogens with zero attached hydrogens (tertiary/aromatic N) is 4. The summed E-state index contributed by atoms with van der Waals surface area (Å²) in [5, 5.41) is 16.7. The van der Waals surface area contributed by atoms with Gasteiger partial charge in [-0.05, 0) is 12.8 Å². The van der Waals surface area contributed by atoms with Crippen LogP contribution < -0.4 is 0 Å². The molecule has 1 heterocycles. The van der Waals surface area contributed by atoms with Crippen LogP contribution in [0.3, 0.4) is 0 Å². The zero-order valence-electron chi connectivity index (χ0n) is 10.2. The molecule has 0 fully saturated rings. The molecule has 0 aromatic carbocycles. The molecular weight excluding hydrogens is 200 g/mol.